The molecule has 5 heteroatoms. The summed E-state index contributed by atoms with van der Waals surface area (Å²) in [5, 5.41) is 0.362. The summed E-state index contributed by atoms with van der Waals surface area (Å²) in [5.41, 5.74) is 5.44. The normalized spacial score (nSPS) is 9.73. The van der Waals surface area contributed by atoms with Crippen molar-refractivity contribution in [3.05, 3.63) is 11.2 Å². The van der Waals surface area contributed by atoms with Gasteiger partial charge in [0.1, 0.15) is 11.0 Å². The van der Waals surface area contributed by atoms with Gasteiger partial charge in [0.15, 0.2) is 0 Å². The standard InChI is InChI=1S/C6H9ClN4/c1-11(2)6-9-4(7)3-5(8)10-6/h3H,1-2H3,(H2,8,9,10). The largest absolute Gasteiger partial charge is 0.383 e. The van der Waals surface area contributed by atoms with Crippen molar-refractivity contribution < 1.29 is 0 Å². The Morgan fingerprint density at radius 3 is 2.55 bits per heavy atom. The summed E-state index contributed by atoms with van der Waals surface area (Å²) >= 11 is 5.64. The van der Waals surface area contributed by atoms with Crippen LogP contribution < -0.4 is 10.6 Å². The quantitative estimate of drug-likeness (QED) is 0.636. The van der Waals surface area contributed by atoms with Crippen molar-refractivity contribution in [1.29, 1.82) is 0 Å². The molecule has 0 fully saturated rings. The lowest BCUT2D eigenvalue weighted by Gasteiger charge is -2.09. The van der Waals surface area contributed by atoms with Gasteiger partial charge in [-0.3, -0.25) is 0 Å². The molecule has 1 aromatic heterocycles. The molecule has 0 amide bonds. The van der Waals surface area contributed by atoms with Gasteiger partial charge in [0.2, 0.25) is 5.95 Å². The Bertz CT molecular complexity index is 241. The third-order valence-corrected chi connectivity index (χ3v) is 1.30. The van der Waals surface area contributed by atoms with Crippen molar-refractivity contribution in [3.63, 3.8) is 0 Å². The molecule has 0 atom stereocenters. The van der Waals surface area contributed by atoms with E-state index in [0.29, 0.717) is 16.9 Å². The molecule has 0 spiro atoms. The lowest BCUT2D eigenvalue weighted by atomic mass is 10.6. The van der Waals surface area contributed by atoms with Crippen LogP contribution in [0.3, 0.4) is 0 Å². The molecule has 1 aromatic rings. The van der Waals surface area contributed by atoms with Crippen molar-refractivity contribution in [1.82, 2.24) is 9.97 Å². The maximum atomic E-state index is 5.64. The first-order valence-electron chi connectivity index (χ1n) is 3.07. The van der Waals surface area contributed by atoms with E-state index in [-0.39, 0.29) is 0 Å². The topological polar surface area (TPSA) is 55.0 Å². The Morgan fingerprint density at radius 2 is 2.09 bits per heavy atom. The van der Waals surface area contributed by atoms with E-state index in [4.69, 9.17) is 17.3 Å². The highest BCUT2D eigenvalue weighted by atomic mass is 35.5. The molecule has 0 saturated carbocycles. The van der Waals surface area contributed by atoms with Crippen LogP contribution in [0.1, 0.15) is 0 Å². The molecule has 11 heavy (non-hydrogen) atoms. The average molecular weight is 173 g/mol. The number of rotatable bonds is 1. The van der Waals surface area contributed by atoms with Gasteiger partial charge in [0.05, 0.1) is 0 Å². The summed E-state index contributed by atoms with van der Waals surface area (Å²) in [6.07, 6.45) is 0. The Hall–Kier alpha value is -1.03. The van der Waals surface area contributed by atoms with Crippen molar-refractivity contribution in [2.75, 3.05) is 24.7 Å². The van der Waals surface area contributed by atoms with Crippen LogP contribution in [-0.4, -0.2) is 24.1 Å². The fourth-order valence-electron chi connectivity index (χ4n) is 0.623. The van der Waals surface area contributed by atoms with Crippen molar-refractivity contribution in [2.45, 2.75) is 0 Å². The SMILES string of the molecule is CN(C)c1nc(N)cc(Cl)n1. The van der Waals surface area contributed by atoms with Crippen molar-refractivity contribution >= 4 is 23.4 Å². The van der Waals surface area contributed by atoms with Crippen molar-refractivity contribution in [2.24, 2.45) is 0 Å². The Labute approximate surface area is 70.0 Å². The number of nitrogens with zero attached hydrogens (tertiary/aromatic N) is 3. The maximum Gasteiger partial charge on any atom is 0.228 e. The van der Waals surface area contributed by atoms with Crippen LogP contribution in [0.15, 0.2) is 6.07 Å². The average Bonchev–Trinajstić information content (AvgIpc) is 1.85. The molecule has 0 saturated heterocycles. The zero-order chi connectivity index (χ0) is 8.43. The second-order valence-corrected chi connectivity index (χ2v) is 2.70. The van der Waals surface area contributed by atoms with Crippen LogP contribution in [0.2, 0.25) is 5.15 Å². The van der Waals surface area contributed by atoms with Gasteiger partial charge in [-0.05, 0) is 0 Å². The smallest absolute Gasteiger partial charge is 0.228 e. The Morgan fingerprint density at radius 1 is 1.45 bits per heavy atom. The van der Waals surface area contributed by atoms with E-state index >= 15 is 0 Å². The lowest BCUT2D eigenvalue weighted by molar-refractivity contribution is 1.00. The molecule has 1 heterocycles. The van der Waals surface area contributed by atoms with Gasteiger partial charge in [0.25, 0.3) is 0 Å². The summed E-state index contributed by atoms with van der Waals surface area (Å²) in [7, 11) is 3.65. The fourth-order valence-corrected chi connectivity index (χ4v) is 0.810. The van der Waals surface area contributed by atoms with Gasteiger partial charge in [-0.1, -0.05) is 11.6 Å². The van der Waals surface area contributed by atoms with Gasteiger partial charge in [0, 0.05) is 20.2 Å². The highest BCUT2D eigenvalue weighted by molar-refractivity contribution is 6.29. The number of halogens is 1. The molecular formula is C6H9ClN4. The first-order valence-corrected chi connectivity index (χ1v) is 3.45. The molecule has 4 nitrogen and oxygen atoms in total. The summed E-state index contributed by atoms with van der Waals surface area (Å²) in [5.74, 6) is 0.906. The summed E-state index contributed by atoms with van der Waals surface area (Å²) in [4.78, 5) is 9.61. The summed E-state index contributed by atoms with van der Waals surface area (Å²) < 4.78 is 0. The number of anilines is 2. The maximum absolute atomic E-state index is 5.64. The van der Waals surface area contributed by atoms with Crippen LogP contribution in [0.4, 0.5) is 11.8 Å². The molecule has 1 rings (SSSR count). The first kappa shape index (κ1) is 8.07. The van der Waals surface area contributed by atoms with Gasteiger partial charge < -0.3 is 10.6 Å². The van der Waals surface area contributed by atoms with E-state index in [1.54, 1.807) is 4.90 Å². The predicted molar refractivity (Wildman–Crippen MR) is 45.8 cm³/mol. The number of aromatic nitrogens is 2. The number of nitrogens with two attached hydrogens (primary N) is 1. The molecule has 0 aliphatic rings. The zero-order valence-corrected chi connectivity index (χ0v) is 7.13. The van der Waals surface area contributed by atoms with Crippen LogP contribution in [-0.2, 0) is 0 Å². The molecule has 2 N–H and O–H groups in total. The third kappa shape index (κ3) is 1.94. The summed E-state index contributed by atoms with van der Waals surface area (Å²) in [6, 6.07) is 1.51. The van der Waals surface area contributed by atoms with E-state index in [0.717, 1.165) is 0 Å². The molecule has 0 aliphatic carbocycles. The third-order valence-electron chi connectivity index (χ3n) is 1.10. The lowest BCUT2D eigenvalue weighted by Crippen LogP contribution is -2.13. The van der Waals surface area contributed by atoms with Crippen molar-refractivity contribution in [3.8, 4) is 0 Å². The summed E-state index contributed by atoms with van der Waals surface area (Å²) in [6.45, 7) is 0. The molecule has 0 bridgehead atoms. The van der Waals surface area contributed by atoms with E-state index in [2.05, 4.69) is 9.97 Å². The predicted octanol–water partition coefficient (Wildman–Crippen LogP) is 0.778. The molecule has 0 unspecified atom stereocenters. The second-order valence-electron chi connectivity index (χ2n) is 2.31. The van der Waals surface area contributed by atoms with Gasteiger partial charge in [-0.15, -0.1) is 0 Å². The van der Waals surface area contributed by atoms with Crippen LogP contribution in [0.25, 0.3) is 0 Å². The Kier molecular flexibility index (Phi) is 2.14. The second kappa shape index (κ2) is 2.92. The van der Waals surface area contributed by atoms with Gasteiger partial charge >= 0.3 is 0 Å². The monoisotopic (exact) mass is 172 g/mol. The number of nitrogen functional groups attached to an aromatic ring is 1. The van der Waals surface area contributed by atoms with E-state index in [1.165, 1.54) is 6.07 Å². The van der Waals surface area contributed by atoms with Crippen LogP contribution in [0, 0.1) is 0 Å². The molecule has 0 aliphatic heterocycles. The zero-order valence-electron chi connectivity index (χ0n) is 6.37. The Balaban J connectivity index is 3.08. The first-order chi connectivity index (χ1) is 5.09. The minimum absolute atomic E-state index is 0.362. The van der Waals surface area contributed by atoms with E-state index in [9.17, 15) is 0 Å². The molecule has 0 radical (unpaired) electrons. The highest BCUT2D eigenvalue weighted by Gasteiger charge is 2.01. The molecular weight excluding hydrogens is 164 g/mol. The van der Waals surface area contributed by atoms with E-state index in [1.807, 2.05) is 14.1 Å². The highest BCUT2D eigenvalue weighted by Crippen LogP contribution is 2.12. The molecule has 60 valence electrons. The number of hydrogen-bond donors (Lipinski definition) is 1. The van der Waals surface area contributed by atoms with E-state index < -0.39 is 0 Å². The van der Waals surface area contributed by atoms with Gasteiger partial charge in [-0.2, -0.15) is 4.98 Å². The van der Waals surface area contributed by atoms with Crippen LogP contribution in [0.5, 0.6) is 0 Å². The minimum Gasteiger partial charge on any atom is -0.383 e. The van der Waals surface area contributed by atoms with Crippen LogP contribution >= 0.6 is 11.6 Å². The minimum atomic E-state index is 0.362. The fraction of sp³-hybridized carbons (Fsp3) is 0.333. The van der Waals surface area contributed by atoms with Gasteiger partial charge in [-0.25, -0.2) is 4.98 Å². The number of hydrogen-bond acceptors (Lipinski definition) is 4. The molecule has 0 aromatic carbocycles.